The van der Waals surface area contributed by atoms with Crippen molar-refractivity contribution in [1.82, 2.24) is 0 Å². The maximum Gasteiger partial charge on any atom is 0.139 e. The molecule has 1 N–H and O–H groups in total. The van der Waals surface area contributed by atoms with Gasteiger partial charge >= 0.3 is 0 Å². The van der Waals surface area contributed by atoms with Gasteiger partial charge in [0.15, 0.2) is 0 Å². The number of Topliss-reactive ketones (excluding diaryl/α,β-unsaturated/α-hetero) is 1. The van der Waals surface area contributed by atoms with Crippen molar-refractivity contribution >= 4 is 5.78 Å². The Morgan fingerprint density at radius 1 is 1.09 bits per heavy atom. The van der Waals surface area contributed by atoms with Crippen LogP contribution in [-0.4, -0.2) is 29.7 Å². The normalized spacial score (nSPS) is 55.9. The van der Waals surface area contributed by atoms with Crippen molar-refractivity contribution < 1.29 is 14.6 Å². The molecule has 0 aromatic heterocycles. The highest BCUT2D eigenvalue weighted by Gasteiger charge is 2.58. The van der Waals surface area contributed by atoms with Gasteiger partial charge in [-0.25, -0.2) is 0 Å². The van der Waals surface area contributed by atoms with Crippen LogP contribution in [0.25, 0.3) is 0 Å². The van der Waals surface area contributed by atoms with E-state index in [0.29, 0.717) is 23.5 Å². The van der Waals surface area contributed by atoms with Crippen LogP contribution in [0.3, 0.4) is 0 Å². The zero-order chi connectivity index (χ0) is 16.4. The molecule has 0 amide bonds. The van der Waals surface area contributed by atoms with E-state index in [1.54, 1.807) is 7.11 Å². The van der Waals surface area contributed by atoms with E-state index >= 15 is 0 Å². The van der Waals surface area contributed by atoms with Gasteiger partial charge in [-0.05, 0) is 81.5 Å². The Kier molecular flexibility index (Phi) is 3.70. The van der Waals surface area contributed by atoms with Gasteiger partial charge in [0.1, 0.15) is 5.78 Å². The molecule has 0 radical (unpaired) electrons. The van der Waals surface area contributed by atoms with Gasteiger partial charge in [-0.3, -0.25) is 4.79 Å². The predicted octanol–water partition coefficient (Wildman–Crippen LogP) is 3.58. The summed E-state index contributed by atoms with van der Waals surface area (Å²) in [6, 6.07) is 0. The summed E-state index contributed by atoms with van der Waals surface area (Å²) in [6.45, 7) is 4.20. The fraction of sp³-hybridized carbons (Fsp3) is 0.950. The summed E-state index contributed by atoms with van der Waals surface area (Å²) < 4.78 is 5.65. The maximum absolute atomic E-state index is 12.4. The van der Waals surface area contributed by atoms with Crippen molar-refractivity contribution in [1.29, 1.82) is 0 Å². The number of fused-ring (bicyclic) bond motifs is 5. The fourth-order valence-corrected chi connectivity index (χ4v) is 7.14. The van der Waals surface area contributed by atoms with Gasteiger partial charge in [0.2, 0.25) is 0 Å². The Hall–Kier alpha value is -0.410. The van der Waals surface area contributed by atoms with Crippen molar-refractivity contribution in [2.45, 2.75) is 76.9 Å². The molecule has 3 nitrogen and oxygen atoms in total. The number of hydrogen-bond acceptors (Lipinski definition) is 3. The zero-order valence-electron chi connectivity index (χ0n) is 14.9. The van der Waals surface area contributed by atoms with Crippen LogP contribution in [0, 0.1) is 35.0 Å². The standard InChI is InChI=1S/C20H32O3/c1-19-9-8-13-14(16(19)6-7-17(19)21)5-4-12-11-20(2,22)18(23-3)10-15(12)13/h12-16,18,22H,4-11H2,1-3H3/t12-,13+,14-,15+,16+,18-,19+,20+/m1/s1. The summed E-state index contributed by atoms with van der Waals surface area (Å²) in [7, 11) is 1.74. The summed E-state index contributed by atoms with van der Waals surface area (Å²) in [4.78, 5) is 12.4. The van der Waals surface area contributed by atoms with Gasteiger partial charge < -0.3 is 9.84 Å². The number of carbonyl (C=O) groups excluding carboxylic acids is 1. The van der Waals surface area contributed by atoms with Crippen LogP contribution in [0.15, 0.2) is 0 Å². The summed E-state index contributed by atoms with van der Waals surface area (Å²) in [6.07, 6.45) is 8.62. The lowest BCUT2D eigenvalue weighted by atomic mass is 9.49. The predicted molar refractivity (Wildman–Crippen MR) is 88.9 cm³/mol. The maximum atomic E-state index is 12.4. The van der Waals surface area contributed by atoms with E-state index in [1.807, 2.05) is 6.92 Å². The van der Waals surface area contributed by atoms with E-state index in [2.05, 4.69) is 6.92 Å². The summed E-state index contributed by atoms with van der Waals surface area (Å²) >= 11 is 0. The molecule has 4 rings (SSSR count). The van der Waals surface area contributed by atoms with Crippen LogP contribution < -0.4 is 0 Å². The molecular weight excluding hydrogens is 288 g/mol. The first-order chi connectivity index (χ1) is 10.9. The second-order valence-corrected chi connectivity index (χ2v) is 9.37. The largest absolute Gasteiger partial charge is 0.387 e. The average Bonchev–Trinajstić information content (AvgIpc) is 2.81. The molecule has 3 heteroatoms. The highest BCUT2D eigenvalue weighted by atomic mass is 16.5. The number of rotatable bonds is 1. The molecule has 4 aliphatic carbocycles. The second kappa shape index (κ2) is 5.29. The summed E-state index contributed by atoms with van der Waals surface area (Å²) in [5, 5.41) is 10.7. The average molecular weight is 320 g/mol. The van der Waals surface area contributed by atoms with Crippen LogP contribution in [0.4, 0.5) is 0 Å². The molecule has 0 bridgehead atoms. The minimum absolute atomic E-state index is 0.0190. The number of methoxy groups -OCH3 is 1. The molecule has 8 atom stereocenters. The van der Waals surface area contributed by atoms with Gasteiger partial charge in [0.05, 0.1) is 11.7 Å². The fourth-order valence-electron chi connectivity index (χ4n) is 7.14. The van der Waals surface area contributed by atoms with Crippen molar-refractivity contribution in [2.24, 2.45) is 35.0 Å². The number of carbonyl (C=O) groups is 1. The quantitative estimate of drug-likeness (QED) is 0.803. The molecule has 0 aromatic rings. The Bertz CT molecular complexity index is 499. The molecule has 0 spiro atoms. The lowest BCUT2D eigenvalue weighted by Crippen LogP contribution is -2.55. The van der Waals surface area contributed by atoms with E-state index in [4.69, 9.17) is 4.74 Å². The van der Waals surface area contributed by atoms with Crippen molar-refractivity contribution in [3.8, 4) is 0 Å². The third-order valence-corrected chi connectivity index (χ3v) is 8.37. The minimum atomic E-state index is -0.671. The third kappa shape index (κ3) is 2.26. The molecule has 0 saturated heterocycles. The summed E-state index contributed by atoms with van der Waals surface area (Å²) in [5.74, 6) is 3.99. The molecule has 130 valence electrons. The molecule has 23 heavy (non-hydrogen) atoms. The van der Waals surface area contributed by atoms with Gasteiger partial charge in [-0.15, -0.1) is 0 Å². The number of hydrogen-bond donors (Lipinski definition) is 1. The highest BCUT2D eigenvalue weighted by Crippen LogP contribution is 2.62. The molecule has 0 aliphatic heterocycles. The first kappa shape index (κ1) is 16.1. The van der Waals surface area contributed by atoms with Crippen molar-refractivity contribution in [3.63, 3.8) is 0 Å². The molecule has 0 aromatic carbocycles. The lowest BCUT2D eigenvalue weighted by Gasteiger charge is -2.56. The molecular formula is C20H32O3. The van der Waals surface area contributed by atoms with Crippen LogP contribution in [-0.2, 0) is 9.53 Å². The number of aliphatic hydroxyl groups is 1. The van der Waals surface area contributed by atoms with Gasteiger partial charge in [-0.2, -0.15) is 0 Å². The van der Waals surface area contributed by atoms with Crippen LogP contribution in [0.5, 0.6) is 0 Å². The number of ketones is 1. The SMILES string of the molecule is CO[C@@H]1C[C@H]2[C@H](CC[C@@H]3[C@@H]2CC[C@]2(C)C(=O)CC[C@@H]32)C[C@]1(C)O. The van der Waals surface area contributed by atoms with E-state index in [1.165, 1.54) is 19.3 Å². The topological polar surface area (TPSA) is 46.5 Å². The third-order valence-electron chi connectivity index (χ3n) is 8.37. The Balaban J connectivity index is 1.58. The first-order valence-electron chi connectivity index (χ1n) is 9.65. The van der Waals surface area contributed by atoms with Crippen molar-refractivity contribution in [2.75, 3.05) is 7.11 Å². The minimum Gasteiger partial charge on any atom is -0.387 e. The molecule has 4 aliphatic rings. The summed E-state index contributed by atoms with van der Waals surface area (Å²) in [5.41, 5.74) is -0.690. The van der Waals surface area contributed by atoms with Crippen LogP contribution in [0.1, 0.15) is 65.2 Å². The second-order valence-electron chi connectivity index (χ2n) is 9.37. The van der Waals surface area contributed by atoms with Crippen molar-refractivity contribution in [3.05, 3.63) is 0 Å². The molecule has 4 saturated carbocycles. The van der Waals surface area contributed by atoms with Crippen LogP contribution >= 0.6 is 0 Å². The monoisotopic (exact) mass is 320 g/mol. The van der Waals surface area contributed by atoms with E-state index in [0.717, 1.165) is 43.9 Å². The highest BCUT2D eigenvalue weighted by molar-refractivity contribution is 5.87. The Morgan fingerprint density at radius 2 is 1.87 bits per heavy atom. The number of ether oxygens (including phenoxy) is 1. The molecule has 0 heterocycles. The van der Waals surface area contributed by atoms with E-state index < -0.39 is 5.60 Å². The molecule has 0 unspecified atom stereocenters. The van der Waals surface area contributed by atoms with Gasteiger partial charge in [0, 0.05) is 18.9 Å². The van der Waals surface area contributed by atoms with Crippen LogP contribution in [0.2, 0.25) is 0 Å². The zero-order valence-corrected chi connectivity index (χ0v) is 14.9. The van der Waals surface area contributed by atoms with Gasteiger partial charge in [0.25, 0.3) is 0 Å². The molecule has 4 fully saturated rings. The van der Waals surface area contributed by atoms with E-state index in [-0.39, 0.29) is 11.5 Å². The first-order valence-corrected chi connectivity index (χ1v) is 9.65. The Morgan fingerprint density at radius 3 is 2.61 bits per heavy atom. The van der Waals surface area contributed by atoms with Gasteiger partial charge in [-0.1, -0.05) is 6.92 Å². The smallest absolute Gasteiger partial charge is 0.139 e. The lowest BCUT2D eigenvalue weighted by molar-refractivity contribution is -0.164. The van der Waals surface area contributed by atoms with E-state index in [9.17, 15) is 9.90 Å². The Labute approximate surface area is 140 Å².